The van der Waals surface area contributed by atoms with Crippen molar-refractivity contribution in [3.8, 4) is 11.5 Å². The number of carbonyl (C=O) groups is 1. The Kier molecular flexibility index (Phi) is 4.07. The first kappa shape index (κ1) is 15.8. The van der Waals surface area contributed by atoms with E-state index in [-0.39, 0.29) is 5.82 Å². The fourth-order valence-corrected chi connectivity index (χ4v) is 2.53. The van der Waals surface area contributed by atoms with E-state index in [1.807, 2.05) is 30.3 Å². The number of halogens is 1. The van der Waals surface area contributed by atoms with Gasteiger partial charge in [-0.15, -0.1) is 0 Å². The number of hydrogen-bond donors (Lipinski definition) is 2. The Hall–Kier alpha value is -3.67. The van der Waals surface area contributed by atoms with Crippen molar-refractivity contribution in [3.63, 3.8) is 0 Å². The highest BCUT2D eigenvalue weighted by Gasteiger charge is 2.10. The van der Waals surface area contributed by atoms with Crippen molar-refractivity contribution in [2.75, 3.05) is 10.6 Å². The fourth-order valence-electron chi connectivity index (χ4n) is 2.53. The molecule has 0 saturated heterocycles. The first-order valence-electron chi connectivity index (χ1n) is 7.97. The standard InChI is InChI=1S/C20H14FN3O2/c21-14-6-8-15(9-7-14)22-20(25)23-16-10-11-17-18(12-16)26-19(24-17)13-4-2-1-3-5-13/h1-12H,(H2,22,23,25). The molecule has 128 valence electrons. The molecule has 0 bridgehead atoms. The fraction of sp³-hybridized carbons (Fsp3) is 0. The predicted molar refractivity (Wildman–Crippen MR) is 98.5 cm³/mol. The number of nitrogens with zero attached hydrogens (tertiary/aromatic N) is 1. The number of oxazole rings is 1. The number of rotatable bonds is 3. The van der Waals surface area contributed by atoms with Gasteiger partial charge in [0, 0.05) is 23.0 Å². The monoisotopic (exact) mass is 347 g/mol. The van der Waals surface area contributed by atoms with Gasteiger partial charge in [-0.3, -0.25) is 0 Å². The summed E-state index contributed by atoms with van der Waals surface area (Å²) in [6.07, 6.45) is 0. The molecule has 0 spiro atoms. The molecule has 26 heavy (non-hydrogen) atoms. The number of nitrogens with one attached hydrogen (secondary N) is 2. The normalized spacial score (nSPS) is 10.7. The molecule has 4 rings (SSSR count). The smallest absolute Gasteiger partial charge is 0.323 e. The van der Waals surface area contributed by atoms with Crippen LogP contribution in [-0.2, 0) is 0 Å². The first-order chi connectivity index (χ1) is 12.7. The number of hydrogen-bond acceptors (Lipinski definition) is 3. The minimum absolute atomic E-state index is 0.360. The van der Waals surface area contributed by atoms with Gasteiger partial charge in [0.1, 0.15) is 11.3 Å². The SMILES string of the molecule is O=C(Nc1ccc(F)cc1)Nc1ccc2nc(-c3ccccc3)oc2c1. The lowest BCUT2D eigenvalue weighted by molar-refractivity contribution is 0.262. The summed E-state index contributed by atoms with van der Waals surface area (Å²) in [5, 5.41) is 5.35. The Labute approximate surface area is 148 Å². The molecule has 2 amide bonds. The number of aromatic nitrogens is 1. The third-order valence-electron chi connectivity index (χ3n) is 3.77. The maximum Gasteiger partial charge on any atom is 0.323 e. The van der Waals surface area contributed by atoms with Crippen LogP contribution >= 0.6 is 0 Å². The van der Waals surface area contributed by atoms with Crippen molar-refractivity contribution in [1.29, 1.82) is 0 Å². The lowest BCUT2D eigenvalue weighted by Gasteiger charge is -2.07. The molecular formula is C20H14FN3O2. The molecule has 0 aliphatic heterocycles. The molecule has 3 aromatic carbocycles. The second kappa shape index (κ2) is 6.68. The Morgan fingerprint density at radius 2 is 1.58 bits per heavy atom. The van der Waals surface area contributed by atoms with Crippen molar-refractivity contribution in [3.05, 3.63) is 78.6 Å². The predicted octanol–water partition coefficient (Wildman–Crippen LogP) is 5.28. The summed E-state index contributed by atoms with van der Waals surface area (Å²) in [5.74, 6) is 0.162. The summed E-state index contributed by atoms with van der Waals surface area (Å²) < 4.78 is 18.7. The average molecular weight is 347 g/mol. The van der Waals surface area contributed by atoms with Crippen molar-refractivity contribution < 1.29 is 13.6 Å². The Balaban J connectivity index is 1.52. The van der Waals surface area contributed by atoms with Gasteiger partial charge in [0.05, 0.1) is 0 Å². The first-order valence-corrected chi connectivity index (χ1v) is 7.97. The van der Waals surface area contributed by atoms with Gasteiger partial charge in [-0.05, 0) is 48.5 Å². The molecule has 0 unspecified atom stereocenters. The number of urea groups is 1. The van der Waals surface area contributed by atoms with Crippen LogP contribution < -0.4 is 10.6 Å². The van der Waals surface area contributed by atoms with Crippen LogP contribution in [-0.4, -0.2) is 11.0 Å². The maximum absolute atomic E-state index is 12.9. The van der Waals surface area contributed by atoms with Gasteiger partial charge in [0.15, 0.2) is 5.58 Å². The van der Waals surface area contributed by atoms with Gasteiger partial charge in [-0.1, -0.05) is 18.2 Å². The molecule has 4 aromatic rings. The van der Waals surface area contributed by atoms with E-state index in [4.69, 9.17) is 4.42 Å². The van der Waals surface area contributed by atoms with Crippen molar-refractivity contribution in [2.24, 2.45) is 0 Å². The zero-order chi connectivity index (χ0) is 17.9. The zero-order valence-electron chi connectivity index (χ0n) is 13.6. The quantitative estimate of drug-likeness (QED) is 0.530. The van der Waals surface area contributed by atoms with E-state index >= 15 is 0 Å². The number of fused-ring (bicyclic) bond motifs is 1. The highest BCUT2D eigenvalue weighted by Crippen LogP contribution is 2.26. The van der Waals surface area contributed by atoms with Crippen LogP contribution in [0.3, 0.4) is 0 Å². The van der Waals surface area contributed by atoms with Crippen LogP contribution in [0.4, 0.5) is 20.6 Å². The van der Waals surface area contributed by atoms with E-state index in [1.54, 1.807) is 18.2 Å². The Morgan fingerprint density at radius 1 is 0.885 bits per heavy atom. The molecule has 0 saturated carbocycles. The van der Waals surface area contributed by atoms with Crippen LogP contribution in [0.1, 0.15) is 0 Å². The molecule has 1 aromatic heterocycles. The number of carbonyl (C=O) groups excluding carboxylic acids is 1. The summed E-state index contributed by atoms with van der Waals surface area (Å²) >= 11 is 0. The molecule has 2 N–H and O–H groups in total. The number of anilines is 2. The largest absolute Gasteiger partial charge is 0.436 e. The minimum atomic E-state index is -0.432. The third-order valence-corrected chi connectivity index (χ3v) is 3.77. The van der Waals surface area contributed by atoms with E-state index in [9.17, 15) is 9.18 Å². The second-order valence-electron chi connectivity index (χ2n) is 5.65. The van der Waals surface area contributed by atoms with Crippen LogP contribution in [0.15, 0.2) is 77.2 Å². The van der Waals surface area contributed by atoms with Crippen LogP contribution in [0, 0.1) is 5.82 Å². The van der Waals surface area contributed by atoms with E-state index in [1.165, 1.54) is 24.3 Å². The van der Waals surface area contributed by atoms with E-state index in [0.29, 0.717) is 28.4 Å². The Morgan fingerprint density at radius 3 is 2.35 bits per heavy atom. The summed E-state index contributed by atoms with van der Waals surface area (Å²) in [6.45, 7) is 0. The van der Waals surface area contributed by atoms with Gasteiger partial charge in [0.2, 0.25) is 5.89 Å². The van der Waals surface area contributed by atoms with E-state index < -0.39 is 6.03 Å². The highest BCUT2D eigenvalue weighted by molar-refractivity contribution is 6.00. The molecule has 6 heteroatoms. The van der Waals surface area contributed by atoms with Crippen LogP contribution in [0.5, 0.6) is 0 Å². The van der Waals surface area contributed by atoms with Crippen LogP contribution in [0.25, 0.3) is 22.6 Å². The molecule has 1 heterocycles. The molecule has 0 atom stereocenters. The topological polar surface area (TPSA) is 67.2 Å². The maximum atomic E-state index is 12.9. The number of amides is 2. The molecular weight excluding hydrogens is 333 g/mol. The molecule has 0 aliphatic rings. The summed E-state index contributed by atoms with van der Waals surface area (Å²) in [7, 11) is 0. The Bertz CT molecular complexity index is 1060. The molecule has 0 radical (unpaired) electrons. The lowest BCUT2D eigenvalue weighted by Crippen LogP contribution is -2.19. The van der Waals surface area contributed by atoms with Gasteiger partial charge < -0.3 is 15.1 Å². The highest BCUT2D eigenvalue weighted by atomic mass is 19.1. The minimum Gasteiger partial charge on any atom is -0.436 e. The zero-order valence-corrected chi connectivity index (χ0v) is 13.6. The third kappa shape index (κ3) is 3.39. The van der Waals surface area contributed by atoms with E-state index in [0.717, 1.165) is 5.56 Å². The lowest BCUT2D eigenvalue weighted by atomic mass is 10.2. The molecule has 0 fully saturated rings. The van der Waals surface area contributed by atoms with Gasteiger partial charge >= 0.3 is 6.03 Å². The summed E-state index contributed by atoms with van der Waals surface area (Å²) in [6, 6.07) is 19.9. The summed E-state index contributed by atoms with van der Waals surface area (Å²) in [4.78, 5) is 16.5. The van der Waals surface area contributed by atoms with Gasteiger partial charge in [-0.25, -0.2) is 14.2 Å². The van der Waals surface area contributed by atoms with Crippen molar-refractivity contribution in [1.82, 2.24) is 4.98 Å². The van der Waals surface area contributed by atoms with Gasteiger partial charge in [0.25, 0.3) is 0 Å². The van der Waals surface area contributed by atoms with Crippen LogP contribution in [0.2, 0.25) is 0 Å². The van der Waals surface area contributed by atoms with E-state index in [2.05, 4.69) is 15.6 Å². The second-order valence-corrected chi connectivity index (χ2v) is 5.65. The molecule has 5 nitrogen and oxygen atoms in total. The van der Waals surface area contributed by atoms with Gasteiger partial charge in [-0.2, -0.15) is 0 Å². The van der Waals surface area contributed by atoms with Crippen molar-refractivity contribution >= 4 is 28.5 Å². The number of benzene rings is 3. The van der Waals surface area contributed by atoms with Crippen molar-refractivity contribution in [2.45, 2.75) is 0 Å². The average Bonchev–Trinajstić information content (AvgIpc) is 3.08. The molecule has 0 aliphatic carbocycles. The summed E-state index contributed by atoms with van der Waals surface area (Å²) in [5.41, 5.74) is 3.22.